The van der Waals surface area contributed by atoms with Gasteiger partial charge in [0.2, 0.25) is 0 Å². The van der Waals surface area contributed by atoms with Gasteiger partial charge in [-0.25, -0.2) is 0 Å². The SMILES string of the molecule is CC[Si](CC)(CC)O[C@@]1(C)CCCC[C@H]1Cc1ccc(O)c(OC)c1. The van der Waals surface area contributed by atoms with Crippen molar-refractivity contribution in [1.82, 2.24) is 0 Å². The maximum Gasteiger partial charge on any atom is 0.192 e. The van der Waals surface area contributed by atoms with Crippen molar-refractivity contribution in [3.63, 3.8) is 0 Å². The zero-order chi connectivity index (χ0) is 18.5. The molecule has 1 saturated carbocycles. The predicted molar refractivity (Wildman–Crippen MR) is 107 cm³/mol. The van der Waals surface area contributed by atoms with E-state index in [0.717, 1.165) is 6.42 Å². The predicted octanol–water partition coefficient (Wildman–Crippen LogP) is 5.91. The van der Waals surface area contributed by atoms with E-state index in [2.05, 4.69) is 27.7 Å². The smallest absolute Gasteiger partial charge is 0.192 e. The van der Waals surface area contributed by atoms with Crippen LogP contribution in [0.15, 0.2) is 18.2 Å². The number of phenolic OH excluding ortho intramolecular Hbond substituents is 1. The fourth-order valence-electron chi connectivity index (χ4n) is 4.42. The molecule has 0 unspecified atom stereocenters. The number of aromatic hydroxyl groups is 1. The standard InChI is InChI=1S/C21H36O3Si/c1-6-25(7-2,8-3)24-21(4)14-10-9-11-18(21)15-17-12-13-19(22)20(16-17)23-5/h12-13,16,18,22H,6-11,14-15H2,1-5H3/t18-,21-/m0/s1. The lowest BCUT2D eigenvalue weighted by Gasteiger charge is -2.47. The minimum absolute atomic E-state index is 0.0162. The summed E-state index contributed by atoms with van der Waals surface area (Å²) in [4.78, 5) is 0. The Morgan fingerprint density at radius 2 is 1.84 bits per heavy atom. The normalized spacial score (nSPS) is 24.3. The Balaban J connectivity index is 2.22. The molecule has 0 radical (unpaired) electrons. The van der Waals surface area contributed by atoms with Crippen LogP contribution >= 0.6 is 0 Å². The average molecular weight is 365 g/mol. The first-order chi connectivity index (χ1) is 11.9. The Morgan fingerprint density at radius 3 is 2.44 bits per heavy atom. The number of ether oxygens (including phenoxy) is 1. The van der Waals surface area contributed by atoms with Crippen LogP contribution in [0.4, 0.5) is 0 Å². The highest BCUT2D eigenvalue weighted by Crippen LogP contribution is 2.43. The van der Waals surface area contributed by atoms with Crippen molar-refractivity contribution >= 4 is 8.32 Å². The van der Waals surface area contributed by atoms with Gasteiger partial charge in [0.15, 0.2) is 19.8 Å². The minimum Gasteiger partial charge on any atom is -0.504 e. The number of benzene rings is 1. The van der Waals surface area contributed by atoms with E-state index in [1.165, 1.54) is 49.4 Å². The molecule has 0 saturated heterocycles. The van der Waals surface area contributed by atoms with Crippen LogP contribution in [0.5, 0.6) is 11.5 Å². The number of hydrogen-bond donors (Lipinski definition) is 1. The summed E-state index contributed by atoms with van der Waals surface area (Å²) >= 11 is 0. The van der Waals surface area contributed by atoms with Gasteiger partial charge in [-0.05, 0) is 67.9 Å². The van der Waals surface area contributed by atoms with Gasteiger partial charge < -0.3 is 14.3 Å². The quantitative estimate of drug-likeness (QED) is 0.582. The van der Waals surface area contributed by atoms with Gasteiger partial charge in [0.1, 0.15) is 0 Å². The maximum atomic E-state index is 9.85. The number of phenols is 1. The molecule has 142 valence electrons. The van der Waals surface area contributed by atoms with Crippen molar-refractivity contribution in [2.75, 3.05) is 7.11 Å². The summed E-state index contributed by atoms with van der Waals surface area (Å²) in [5.74, 6) is 1.31. The first-order valence-corrected chi connectivity index (χ1v) is 12.5. The van der Waals surface area contributed by atoms with Gasteiger partial charge in [0.25, 0.3) is 0 Å². The third-order valence-electron chi connectivity index (χ3n) is 6.45. The second-order valence-corrected chi connectivity index (χ2v) is 12.5. The van der Waals surface area contributed by atoms with E-state index in [9.17, 15) is 5.11 Å². The van der Waals surface area contributed by atoms with Gasteiger partial charge in [-0.1, -0.05) is 39.7 Å². The maximum absolute atomic E-state index is 9.85. The van der Waals surface area contributed by atoms with Crippen LogP contribution in [-0.4, -0.2) is 26.1 Å². The molecule has 0 spiro atoms. The highest BCUT2D eigenvalue weighted by atomic mass is 28.4. The van der Waals surface area contributed by atoms with Crippen LogP contribution in [0.2, 0.25) is 18.1 Å². The summed E-state index contributed by atoms with van der Waals surface area (Å²) < 4.78 is 12.3. The van der Waals surface area contributed by atoms with Crippen molar-refractivity contribution in [2.24, 2.45) is 5.92 Å². The second kappa shape index (κ2) is 8.59. The van der Waals surface area contributed by atoms with E-state index >= 15 is 0 Å². The molecular formula is C21H36O3Si. The van der Waals surface area contributed by atoms with Crippen LogP contribution in [0.3, 0.4) is 0 Å². The lowest BCUT2D eigenvalue weighted by atomic mass is 9.74. The zero-order valence-electron chi connectivity index (χ0n) is 16.7. The van der Waals surface area contributed by atoms with E-state index in [4.69, 9.17) is 9.16 Å². The summed E-state index contributed by atoms with van der Waals surface area (Å²) in [6.07, 6.45) is 5.95. The van der Waals surface area contributed by atoms with Gasteiger partial charge in [-0.3, -0.25) is 0 Å². The summed E-state index contributed by atoms with van der Waals surface area (Å²) in [7, 11) is -0.0201. The molecule has 1 fully saturated rings. The van der Waals surface area contributed by atoms with Crippen molar-refractivity contribution in [2.45, 2.75) is 83.5 Å². The number of hydrogen-bond acceptors (Lipinski definition) is 3. The summed E-state index contributed by atoms with van der Waals surface area (Å²) in [5, 5.41) is 9.85. The van der Waals surface area contributed by atoms with Crippen molar-refractivity contribution in [3.8, 4) is 11.5 Å². The van der Waals surface area contributed by atoms with Crippen LogP contribution in [0, 0.1) is 5.92 Å². The second-order valence-electron chi connectivity index (χ2n) is 7.81. The van der Waals surface area contributed by atoms with Gasteiger partial charge >= 0.3 is 0 Å². The molecule has 4 heteroatoms. The average Bonchev–Trinajstić information content (AvgIpc) is 2.63. The molecule has 0 aromatic heterocycles. The molecule has 0 amide bonds. The van der Waals surface area contributed by atoms with Crippen molar-refractivity contribution < 1.29 is 14.3 Å². The Labute approximate surface area is 154 Å². The summed E-state index contributed by atoms with van der Waals surface area (Å²) in [6.45, 7) is 9.29. The van der Waals surface area contributed by atoms with Crippen LogP contribution in [0.1, 0.15) is 58.9 Å². The van der Waals surface area contributed by atoms with Gasteiger partial charge in [0, 0.05) is 0 Å². The monoisotopic (exact) mass is 364 g/mol. The van der Waals surface area contributed by atoms with Crippen molar-refractivity contribution in [1.29, 1.82) is 0 Å². The van der Waals surface area contributed by atoms with Gasteiger partial charge in [0.05, 0.1) is 12.7 Å². The third kappa shape index (κ3) is 4.59. The molecule has 25 heavy (non-hydrogen) atoms. The van der Waals surface area contributed by atoms with E-state index in [1.807, 2.05) is 12.1 Å². The molecule has 0 heterocycles. The van der Waals surface area contributed by atoms with E-state index < -0.39 is 8.32 Å². The molecule has 3 nitrogen and oxygen atoms in total. The van der Waals surface area contributed by atoms with Crippen molar-refractivity contribution in [3.05, 3.63) is 23.8 Å². The molecule has 0 aliphatic heterocycles. The first kappa shape index (κ1) is 20.3. The summed E-state index contributed by atoms with van der Waals surface area (Å²) in [6, 6.07) is 9.36. The number of methoxy groups -OCH3 is 1. The Bertz CT molecular complexity index is 548. The Kier molecular flexibility index (Phi) is 6.98. The minimum atomic E-state index is -1.63. The lowest BCUT2D eigenvalue weighted by molar-refractivity contribution is -0.0175. The molecule has 1 aliphatic rings. The molecule has 2 atom stereocenters. The van der Waals surface area contributed by atoms with E-state index in [1.54, 1.807) is 13.2 Å². The zero-order valence-corrected chi connectivity index (χ0v) is 17.7. The van der Waals surface area contributed by atoms with Crippen LogP contribution < -0.4 is 4.74 Å². The Hall–Kier alpha value is -1.00. The first-order valence-electron chi connectivity index (χ1n) is 9.98. The van der Waals surface area contributed by atoms with Gasteiger partial charge in [-0.2, -0.15) is 0 Å². The fourth-order valence-corrected chi connectivity index (χ4v) is 7.61. The topological polar surface area (TPSA) is 38.7 Å². The van der Waals surface area contributed by atoms with Gasteiger partial charge in [-0.15, -0.1) is 0 Å². The number of rotatable bonds is 8. The molecule has 0 bridgehead atoms. The third-order valence-corrected chi connectivity index (χ3v) is 11.2. The molecule has 1 N–H and O–H groups in total. The molecule has 2 rings (SSSR count). The molecule has 1 aliphatic carbocycles. The van der Waals surface area contributed by atoms with Crippen LogP contribution in [0.25, 0.3) is 0 Å². The van der Waals surface area contributed by atoms with Crippen LogP contribution in [-0.2, 0) is 10.8 Å². The van der Waals surface area contributed by atoms with E-state index in [-0.39, 0.29) is 11.4 Å². The lowest BCUT2D eigenvalue weighted by Crippen LogP contribution is -2.51. The molecule has 1 aromatic rings. The highest BCUT2D eigenvalue weighted by molar-refractivity contribution is 6.73. The largest absolute Gasteiger partial charge is 0.504 e. The fraction of sp³-hybridized carbons (Fsp3) is 0.714. The molecular weight excluding hydrogens is 328 g/mol. The van der Waals surface area contributed by atoms with E-state index in [0.29, 0.717) is 11.7 Å². The summed E-state index contributed by atoms with van der Waals surface area (Å²) in [5.41, 5.74) is 1.21. The Morgan fingerprint density at radius 1 is 1.16 bits per heavy atom. The highest BCUT2D eigenvalue weighted by Gasteiger charge is 2.43. The molecule has 1 aromatic carbocycles.